The van der Waals surface area contributed by atoms with E-state index in [4.69, 9.17) is 4.74 Å². The molecule has 3 aromatic rings. The van der Waals surface area contributed by atoms with Crippen LogP contribution in [0.25, 0.3) is 0 Å². The molecule has 0 bridgehead atoms. The Labute approximate surface area is 214 Å². The maximum Gasteiger partial charge on any atom is 0.338 e. The minimum absolute atomic E-state index is 0.0529. The Bertz CT molecular complexity index is 1360. The fourth-order valence-electron chi connectivity index (χ4n) is 4.32. The van der Waals surface area contributed by atoms with Crippen molar-refractivity contribution in [2.24, 2.45) is 0 Å². The van der Waals surface area contributed by atoms with Gasteiger partial charge in [0, 0.05) is 6.54 Å². The molecule has 2 heterocycles. The third-order valence-corrected chi connectivity index (χ3v) is 7.07. The molecule has 186 valence electrons. The van der Waals surface area contributed by atoms with Crippen LogP contribution in [-0.2, 0) is 16.1 Å². The Kier molecular flexibility index (Phi) is 7.35. The zero-order chi connectivity index (χ0) is 26.0. The Morgan fingerprint density at radius 3 is 2.44 bits per heavy atom. The number of hydrogen-bond donors (Lipinski definition) is 1. The maximum absolute atomic E-state index is 13.6. The molecule has 0 fully saturated rings. The van der Waals surface area contributed by atoms with Crippen LogP contribution in [0, 0.1) is 20.8 Å². The summed E-state index contributed by atoms with van der Waals surface area (Å²) in [5.74, 6) is -1.96. The van der Waals surface area contributed by atoms with Crippen molar-refractivity contribution in [3.63, 3.8) is 0 Å². The van der Waals surface area contributed by atoms with E-state index in [2.05, 4.69) is 4.98 Å². The molecule has 1 aromatic heterocycles. The second-order valence-electron chi connectivity index (χ2n) is 8.82. The average molecular weight is 505 g/mol. The number of carbonyl (C=O) groups excluding carboxylic acids is 3. The van der Waals surface area contributed by atoms with E-state index in [1.54, 1.807) is 31.2 Å². The van der Waals surface area contributed by atoms with Gasteiger partial charge in [0.05, 0.1) is 39.4 Å². The lowest BCUT2D eigenvalue weighted by atomic mass is 9.94. The molecule has 8 heteroatoms. The van der Waals surface area contributed by atoms with Gasteiger partial charge in [-0.1, -0.05) is 48.9 Å². The highest BCUT2D eigenvalue weighted by Gasteiger charge is 2.44. The first-order valence-electron chi connectivity index (χ1n) is 11.8. The maximum atomic E-state index is 13.6. The molecule has 2 aromatic carbocycles. The van der Waals surface area contributed by atoms with Crippen molar-refractivity contribution in [3.05, 3.63) is 97.7 Å². The van der Waals surface area contributed by atoms with Gasteiger partial charge in [0.2, 0.25) is 5.78 Å². The highest BCUT2D eigenvalue weighted by atomic mass is 32.1. The van der Waals surface area contributed by atoms with E-state index in [1.807, 2.05) is 45.0 Å². The van der Waals surface area contributed by atoms with Crippen LogP contribution in [0.2, 0.25) is 0 Å². The lowest BCUT2D eigenvalue weighted by Crippen LogP contribution is -2.30. The summed E-state index contributed by atoms with van der Waals surface area (Å²) in [7, 11) is 0. The van der Waals surface area contributed by atoms with Crippen LogP contribution in [0.3, 0.4) is 0 Å². The van der Waals surface area contributed by atoms with E-state index >= 15 is 0 Å². The summed E-state index contributed by atoms with van der Waals surface area (Å²) in [5, 5.41) is 11.7. The molecular formula is C28H28N2O5S. The molecule has 0 saturated carbocycles. The van der Waals surface area contributed by atoms with Crippen LogP contribution in [-0.4, -0.2) is 39.3 Å². The number of esters is 1. The van der Waals surface area contributed by atoms with Gasteiger partial charge in [-0.2, -0.15) is 0 Å². The summed E-state index contributed by atoms with van der Waals surface area (Å²) in [6.45, 7) is 7.91. The topological polar surface area (TPSA) is 96.8 Å². The number of Topliss-reactive ketones (excluding diaryl/α,β-unsaturated/α-hetero) is 1. The van der Waals surface area contributed by atoms with Crippen LogP contribution >= 0.6 is 11.3 Å². The highest BCUT2D eigenvalue weighted by molar-refractivity contribution is 7.14. The Morgan fingerprint density at radius 2 is 1.83 bits per heavy atom. The van der Waals surface area contributed by atoms with Gasteiger partial charge in [0.25, 0.3) is 5.91 Å². The number of ketones is 1. The minimum atomic E-state index is -0.763. The predicted octanol–water partition coefficient (Wildman–Crippen LogP) is 5.41. The van der Waals surface area contributed by atoms with E-state index in [0.717, 1.165) is 28.1 Å². The first kappa shape index (κ1) is 25.3. The van der Waals surface area contributed by atoms with E-state index < -0.39 is 29.5 Å². The molecule has 0 spiro atoms. The Balaban J connectivity index is 1.70. The van der Waals surface area contributed by atoms with E-state index in [9.17, 15) is 19.5 Å². The third-order valence-electron chi connectivity index (χ3n) is 6.00. The number of benzene rings is 2. The summed E-state index contributed by atoms with van der Waals surface area (Å²) in [4.78, 5) is 45.3. The number of carbonyl (C=O) groups is 3. The number of thiazole rings is 1. The number of aryl methyl sites for hydroxylation is 3. The molecule has 0 saturated heterocycles. The Morgan fingerprint density at radius 1 is 1.11 bits per heavy atom. The molecule has 4 rings (SSSR count). The van der Waals surface area contributed by atoms with Crippen molar-refractivity contribution < 1.29 is 24.2 Å². The lowest BCUT2D eigenvalue weighted by Gasteiger charge is -2.27. The smallest absolute Gasteiger partial charge is 0.338 e. The van der Waals surface area contributed by atoms with Crippen LogP contribution in [0.5, 0.6) is 0 Å². The minimum Gasteiger partial charge on any atom is -0.503 e. The zero-order valence-electron chi connectivity index (χ0n) is 20.7. The van der Waals surface area contributed by atoms with Crippen molar-refractivity contribution in [1.29, 1.82) is 0 Å². The van der Waals surface area contributed by atoms with Gasteiger partial charge in [-0.05, 0) is 50.5 Å². The standard InChI is InChI=1S/C28H28N2O5S/c1-5-13-35-28(34)20-11-9-19(10-12-20)15-30-23(21-8-6-7-16(2)14-21)22(25(32)27(30)33)24(31)26-17(3)29-18(4)36-26/h6-12,14,23,32H,5,13,15H2,1-4H3. The van der Waals surface area contributed by atoms with Gasteiger partial charge < -0.3 is 14.7 Å². The molecule has 36 heavy (non-hydrogen) atoms. The number of aliphatic hydroxyl groups excluding tert-OH is 1. The van der Waals surface area contributed by atoms with Crippen LogP contribution in [0.1, 0.15) is 66.8 Å². The number of ether oxygens (including phenoxy) is 1. The zero-order valence-corrected chi connectivity index (χ0v) is 21.5. The Hall–Kier alpha value is -3.78. The molecule has 7 nitrogen and oxygen atoms in total. The highest BCUT2D eigenvalue weighted by Crippen LogP contribution is 2.41. The van der Waals surface area contributed by atoms with E-state index in [1.165, 1.54) is 16.2 Å². The second-order valence-corrected chi connectivity index (χ2v) is 10.0. The van der Waals surface area contributed by atoms with E-state index in [0.29, 0.717) is 22.7 Å². The molecule has 1 atom stereocenters. The van der Waals surface area contributed by atoms with Gasteiger partial charge in [-0.15, -0.1) is 11.3 Å². The molecule has 1 unspecified atom stereocenters. The third kappa shape index (κ3) is 4.95. The van der Waals surface area contributed by atoms with Gasteiger partial charge >= 0.3 is 5.97 Å². The van der Waals surface area contributed by atoms with Crippen LogP contribution in [0.15, 0.2) is 59.9 Å². The van der Waals surface area contributed by atoms with E-state index in [-0.39, 0.29) is 12.1 Å². The van der Waals surface area contributed by atoms with Crippen molar-refractivity contribution in [3.8, 4) is 0 Å². The second kappa shape index (κ2) is 10.5. The number of aliphatic hydroxyl groups is 1. The summed E-state index contributed by atoms with van der Waals surface area (Å²) in [5.41, 5.74) is 3.49. The molecule has 1 aliphatic rings. The molecule has 1 N–H and O–H groups in total. The number of amides is 1. The number of aromatic nitrogens is 1. The average Bonchev–Trinajstić information content (AvgIpc) is 3.32. The number of rotatable bonds is 8. The van der Waals surface area contributed by atoms with Gasteiger partial charge in [-0.3, -0.25) is 9.59 Å². The monoisotopic (exact) mass is 504 g/mol. The SMILES string of the molecule is CCCOC(=O)c1ccc(CN2C(=O)C(O)=C(C(=O)c3sc(C)nc3C)C2c2cccc(C)c2)cc1. The molecule has 1 aliphatic heterocycles. The normalized spacial score (nSPS) is 15.5. The number of nitrogens with zero attached hydrogens (tertiary/aromatic N) is 2. The summed E-state index contributed by atoms with van der Waals surface area (Å²) >= 11 is 1.25. The molecule has 0 aliphatic carbocycles. The largest absolute Gasteiger partial charge is 0.503 e. The molecule has 0 radical (unpaired) electrons. The van der Waals surface area contributed by atoms with Crippen molar-refractivity contribution in [1.82, 2.24) is 9.88 Å². The lowest BCUT2D eigenvalue weighted by molar-refractivity contribution is -0.130. The summed E-state index contributed by atoms with van der Waals surface area (Å²) in [6, 6.07) is 13.6. The first-order valence-corrected chi connectivity index (χ1v) is 12.6. The van der Waals surface area contributed by atoms with Crippen molar-refractivity contribution in [2.75, 3.05) is 6.61 Å². The van der Waals surface area contributed by atoms with Gasteiger partial charge in [-0.25, -0.2) is 9.78 Å². The summed E-state index contributed by atoms with van der Waals surface area (Å²) < 4.78 is 5.18. The van der Waals surface area contributed by atoms with Crippen LogP contribution < -0.4 is 0 Å². The fraction of sp³-hybridized carbons (Fsp3) is 0.286. The van der Waals surface area contributed by atoms with Gasteiger partial charge in [0.15, 0.2) is 5.76 Å². The summed E-state index contributed by atoms with van der Waals surface area (Å²) in [6.07, 6.45) is 0.736. The van der Waals surface area contributed by atoms with Gasteiger partial charge in [0.1, 0.15) is 0 Å². The quantitative estimate of drug-likeness (QED) is 0.325. The fourth-order valence-corrected chi connectivity index (χ4v) is 5.19. The molecular weight excluding hydrogens is 476 g/mol. The van der Waals surface area contributed by atoms with Crippen molar-refractivity contribution >= 4 is 29.0 Å². The molecule has 1 amide bonds. The van der Waals surface area contributed by atoms with Crippen molar-refractivity contribution in [2.45, 2.75) is 46.7 Å². The predicted molar refractivity (Wildman–Crippen MR) is 137 cm³/mol. The van der Waals surface area contributed by atoms with Crippen LogP contribution in [0.4, 0.5) is 0 Å². The number of hydrogen-bond acceptors (Lipinski definition) is 7. The first-order chi connectivity index (χ1) is 17.2.